The first kappa shape index (κ1) is 8.76. The third-order valence-corrected chi connectivity index (χ3v) is 1.69. The first-order valence-corrected chi connectivity index (χ1v) is 3.01. The Morgan fingerprint density at radius 2 is 2.11 bits per heavy atom. The van der Waals surface area contributed by atoms with Gasteiger partial charge < -0.3 is 5.11 Å². The Labute approximate surface area is 60.7 Å². The molecule has 9 heavy (non-hydrogen) atoms. The summed E-state index contributed by atoms with van der Waals surface area (Å²) in [5, 5.41) is 8.25. The van der Waals surface area contributed by atoms with E-state index in [0.717, 1.165) is 12.8 Å². The number of carbonyl (C=O) groups is 1. The summed E-state index contributed by atoms with van der Waals surface area (Å²) in [5.41, 5.74) is 0. The van der Waals surface area contributed by atoms with E-state index in [-0.39, 0.29) is 12.4 Å². The Morgan fingerprint density at radius 1 is 1.56 bits per heavy atom. The van der Waals surface area contributed by atoms with Gasteiger partial charge >= 0.3 is 5.97 Å². The van der Waals surface area contributed by atoms with Crippen LogP contribution in [0.4, 0.5) is 0 Å². The van der Waals surface area contributed by atoms with Gasteiger partial charge in [0.1, 0.15) is 0 Å². The smallest absolute Gasteiger partial charge is 0.303 e. The zero-order chi connectivity index (χ0) is 5.98. The second-order valence-corrected chi connectivity index (χ2v) is 2.39. The van der Waals surface area contributed by atoms with Gasteiger partial charge in [-0.1, -0.05) is 6.42 Å². The van der Waals surface area contributed by atoms with Crippen LogP contribution < -0.4 is 0 Å². The first-order valence-electron chi connectivity index (χ1n) is 3.01. The third-order valence-electron chi connectivity index (χ3n) is 1.69. The highest BCUT2D eigenvalue weighted by atomic mass is 35.5. The van der Waals surface area contributed by atoms with Crippen LogP contribution in [0.25, 0.3) is 0 Å². The molecule has 2 nitrogen and oxygen atoms in total. The van der Waals surface area contributed by atoms with Crippen LogP contribution in [0.5, 0.6) is 0 Å². The van der Waals surface area contributed by atoms with Crippen molar-refractivity contribution in [2.24, 2.45) is 5.92 Å². The summed E-state index contributed by atoms with van der Waals surface area (Å²) in [4.78, 5) is 10.0. The van der Waals surface area contributed by atoms with Gasteiger partial charge in [0, 0.05) is 6.42 Å². The van der Waals surface area contributed by atoms with Crippen molar-refractivity contribution in [1.29, 1.82) is 0 Å². The van der Waals surface area contributed by atoms with E-state index in [4.69, 9.17) is 5.11 Å². The fourth-order valence-corrected chi connectivity index (χ4v) is 0.944. The Hall–Kier alpha value is -0.240. The van der Waals surface area contributed by atoms with Gasteiger partial charge in [0.2, 0.25) is 0 Å². The summed E-state index contributed by atoms with van der Waals surface area (Å²) < 4.78 is 0. The second kappa shape index (κ2) is 3.72. The number of carboxylic acids is 1. The van der Waals surface area contributed by atoms with Gasteiger partial charge in [0.05, 0.1) is 0 Å². The molecular weight excluding hydrogens is 140 g/mol. The van der Waals surface area contributed by atoms with Crippen LogP contribution in [0.15, 0.2) is 0 Å². The number of rotatable bonds is 2. The van der Waals surface area contributed by atoms with Crippen LogP contribution in [0.2, 0.25) is 0 Å². The average Bonchev–Trinajstić information content (AvgIpc) is 1.55. The first-order chi connectivity index (χ1) is 3.79. The van der Waals surface area contributed by atoms with Gasteiger partial charge in [-0.05, 0) is 18.8 Å². The van der Waals surface area contributed by atoms with E-state index in [0.29, 0.717) is 12.3 Å². The fourth-order valence-electron chi connectivity index (χ4n) is 0.944. The molecule has 0 bridgehead atoms. The standard InChI is InChI=1S/C6H10O2.ClH/c7-6(8)4-5-2-1-3-5;/h5H,1-4H2,(H,7,8);1H. The summed E-state index contributed by atoms with van der Waals surface area (Å²) in [6.07, 6.45) is 3.89. The Kier molecular flexibility index (Phi) is 3.62. The van der Waals surface area contributed by atoms with E-state index >= 15 is 0 Å². The third kappa shape index (κ3) is 2.70. The Morgan fingerprint density at radius 3 is 2.22 bits per heavy atom. The highest BCUT2D eigenvalue weighted by Gasteiger charge is 2.19. The van der Waals surface area contributed by atoms with Crippen molar-refractivity contribution in [3.05, 3.63) is 0 Å². The van der Waals surface area contributed by atoms with Crippen LogP contribution in [0.3, 0.4) is 0 Å². The molecule has 0 heterocycles. The van der Waals surface area contributed by atoms with E-state index in [1.807, 2.05) is 0 Å². The SMILES string of the molecule is Cl.O=C(O)CC1CCC1. The molecule has 3 heteroatoms. The highest BCUT2D eigenvalue weighted by molar-refractivity contribution is 5.85. The number of carboxylic acid groups (broad SMARTS) is 1. The molecule has 0 radical (unpaired) electrons. The van der Waals surface area contributed by atoms with Crippen LogP contribution in [-0.4, -0.2) is 11.1 Å². The van der Waals surface area contributed by atoms with Crippen LogP contribution >= 0.6 is 12.4 Å². The van der Waals surface area contributed by atoms with Gasteiger partial charge in [-0.3, -0.25) is 4.79 Å². The predicted molar refractivity (Wildman–Crippen MR) is 36.8 cm³/mol. The molecule has 0 aromatic carbocycles. The summed E-state index contributed by atoms with van der Waals surface area (Å²) >= 11 is 0. The zero-order valence-corrected chi connectivity index (χ0v) is 5.99. The molecular formula is C6H11ClO2. The van der Waals surface area contributed by atoms with Gasteiger partial charge in [-0.2, -0.15) is 0 Å². The minimum absolute atomic E-state index is 0. The molecule has 1 fully saturated rings. The molecule has 54 valence electrons. The second-order valence-electron chi connectivity index (χ2n) is 2.39. The molecule has 1 aliphatic rings. The summed E-state index contributed by atoms with van der Waals surface area (Å²) in [7, 11) is 0. The van der Waals surface area contributed by atoms with E-state index < -0.39 is 5.97 Å². The van der Waals surface area contributed by atoms with Crippen LogP contribution in [0.1, 0.15) is 25.7 Å². The average molecular weight is 151 g/mol. The van der Waals surface area contributed by atoms with Crippen molar-refractivity contribution in [2.75, 3.05) is 0 Å². The highest BCUT2D eigenvalue weighted by Crippen LogP contribution is 2.28. The molecule has 0 saturated heterocycles. The lowest BCUT2D eigenvalue weighted by molar-refractivity contribution is -0.138. The van der Waals surface area contributed by atoms with E-state index in [9.17, 15) is 4.79 Å². The van der Waals surface area contributed by atoms with Crippen molar-refractivity contribution in [1.82, 2.24) is 0 Å². The molecule has 0 amide bonds. The lowest BCUT2D eigenvalue weighted by Crippen LogP contribution is -2.14. The van der Waals surface area contributed by atoms with Crippen molar-refractivity contribution in [3.8, 4) is 0 Å². The largest absolute Gasteiger partial charge is 0.481 e. The molecule has 1 saturated carbocycles. The Bertz CT molecular complexity index is 99.2. The van der Waals surface area contributed by atoms with Crippen molar-refractivity contribution in [2.45, 2.75) is 25.7 Å². The van der Waals surface area contributed by atoms with Gasteiger partial charge in [-0.25, -0.2) is 0 Å². The lowest BCUT2D eigenvalue weighted by atomic mass is 9.83. The minimum atomic E-state index is -0.644. The van der Waals surface area contributed by atoms with Crippen LogP contribution in [0, 0.1) is 5.92 Å². The molecule has 0 atom stereocenters. The van der Waals surface area contributed by atoms with Crippen molar-refractivity contribution >= 4 is 18.4 Å². The van der Waals surface area contributed by atoms with Gasteiger partial charge in [0.15, 0.2) is 0 Å². The predicted octanol–water partition coefficient (Wildman–Crippen LogP) is 1.68. The molecule has 0 unspecified atom stereocenters. The fraction of sp³-hybridized carbons (Fsp3) is 0.833. The Balaban J connectivity index is 0.000000640. The minimum Gasteiger partial charge on any atom is -0.481 e. The maximum absolute atomic E-state index is 10.0. The lowest BCUT2D eigenvalue weighted by Gasteiger charge is -2.22. The molecule has 1 rings (SSSR count). The quantitative estimate of drug-likeness (QED) is 0.651. The molecule has 0 spiro atoms. The van der Waals surface area contributed by atoms with Crippen molar-refractivity contribution < 1.29 is 9.90 Å². The van der Waals surface area contributed by atoms with Gasteiger partial charge in [0.25, 0.3) is 0 Å². The molecule has 1 aliphatic carbocycles. The molecule has 1 N–H and O–H groups in total. The molecule has 0 aromatic heterocycles. The van der Waals surface area contributed by atoms with Crippen molar-refractivity contribution in [3.63, 3.8) is 0 Å². The molecule has 0 aliphatic heterocycles. The monoisotopic (exact) mass is 150 g/mol. The summed E-state index contributed by atoms with van der Waals surface area (Å²) in [6.45, 7) is 0. The maximum atomic E-state index is 10.0. The van der Waals surface area contributed by atoms with E-state index in [1.54, 1.807) is 0 Å². The maximum Gasteiger partial charge on any atom is 0.303 e. The molecule has 0 aromatic rings. The number of halogens is 1. The number of hydrogen-bond acceptors (Lipinski definition) is 1. The van der Waals surface area contributed by atoms with E-state index in [1.165, 1.54) is 6.42 Å². The van der Waals surface area contributed by atoms with E-state index in [2.05, 4.69) is 0 Å². The number of hydrogen-bond donors (Lipinski definition) is 1. The van der Waals surface area contributed by atoms with Crippen LogP contribution in [-0.2, 0) is 4.79 Å². The number of aliphatic carboxylic acids is 1. The summed E-state index contributed by atoms with van der Waals surface area (Å²) in [6, 6.07) is 0. The zero-order valence-electron chi connectivity index (χ0n) is 5.17. The summed E-state index contributed by atoms with van der Waals surface area (Å²) in [5.74, 6) is -0.137. The topological polar surface area (TPSA) is 37.3 Å². The normalized spacial score (nSPS) is 17.8. The van der Waals surface area contributed by atoms with Gasteiger partial charge in [-0.15, -0.1) is 12.4 Å².